The number of benzene rings is 1. The van der Waals surface area contributed by atoms with Gasteiger partial charge in [0.1, 0.15) is 5.75 Å². The van der Waals surface area contributed by atoms with Crippen LogP contribution in [0.15, 0.2) is 22.7 Å². The van der Waals surface area contributed by atoms with Crippen molar-refractivity contribution in [3.8, 4) is 5.75 Å². The van der Waals surface area contributed by atoms with E-state index in [1.54, 1.807) is 6.07 Å². The lowest BCUT2D eigenvalue weighted by Gasteiger charge is -2.14. The first-order valence-electron chi connectivity index (χ1n) is 6.93. The summed E-state index contributed by atoms with van der Waals surface area (Å²) in [5.74, 6) is -0.210. The summed E-state index contributed by atoms with van der Waals surface area (Å²) < 4.78 is 41.6. The maximum atomic E-state index is 12.4. The van der Waals surface area contributed by atoms with Crippen LogP contribution in [0.1, 0.15) is 48.9 Å². The monoisotopic (exact) mass is 364 g/mol. The second-order valence-corrected chi connectivity index (χ2v) is 6.22. The fourth-order valence-electron chi connectivity index (χ4n) is 2.70. The number of carbonyl (C=O) groups excluding carboxylic acids is 1. The second-order valence-electron chi connectivity index (χ2n) is 5.30. The van der Waals surface area contributed by atoms with E-state index in [0.717, 1.165) is 19.3 Å². The molecule has 1 aromatic carbocycles. The van der Waals surface area contributed by atoms with E-state index in [9.17, 15) is 18.0 Å². The van der Waals surface area contributed by atoms with Crippen molar-refractivity contribution in [2.45, 2.75) is 44.9 Å². The molecule has 116 valence electrons. The molecule has 0 bridgehead atoms. The molecule has 1 saturated carbocycles. The first kappa shape index (κ1) is 16.3. The summed E-state index contributed by atoms with van der Waals surface area (Å²) in [6.07, 6.45) is 0.778. The normalized spacial score (nSPS) is 16.2. The van der Waals surface area contributed by atoms with E-state index in [0.29, 0.717) is 10.4 Å². The van der Waals surface area contributed by atoms with E-state index in [2.05, 4.69) is 20.7 Å². The number of Topliss-reactive ketones (excluding diaryl/α,β-unsaturated/α-hetero) is 1. The average Bonchev–Trinajstić information content (AvgIpc) is 2.87. The van der Waals surface area contributed by atoms with Gasteiger partial charge in [-0.25, -0.2) is 0 Å². The van der Waals surface area contributed by atoms with Crippen molar-refractivity contribution in [3.63, 3.8) is 0 Å². The van der Waals surface area contributed by atoms with Gasteiger partial charge in [0.05, 0.1) is 5.56 Å². The Bertz CT molecular complexity index is 508. The molecule has 0 unspecified atom stereocenters. The predicted molar refractivity (Wildman–Crippen MR) is 76.3 cm³/mol. The first-order valence-corrected chi connectivity index (χ1v) is 7.73. The molecular formula is C15H16BrF3O2. The lowest BCUT2D eigenvalue weighted by atomic mass is 9.97. The number of ketones is 1. The van der Waals surface area contributed by atoms with Gasteiger partial charge in [-0.15, -0.1) is 13.2 Å². The van der Waals surface area contributed by atoms with Crippen molar-refractivity contribution in [1.82, 2.24) is 0 Å². The molecule has 1 aliphatic carbocycles. The highest BCUT2D eigenvalue weighted by molar-refractivity contribution is 9.10. The van der Waals surface area contributed by atoms with Gasteiger partial charge in [-0.2, -0.15) is 0 Å². The lowest BCUT2D eigenvalue weighted by molar-refractivity contribution is -0.274. The fraction of sp³-hybridized carbons (Fsp3) is 0.533. The standard InChI is InChI=1S/C15H16BrF3O2/c16-11-6-7-12(14(9-11)21-15(17,18)19)13(20)8-5-10-3-1-2-4-10/h6-7,9-10H,1-5,8H2. The Morgan fingerprint density at radius 3 is 2.57 bits per heavy atom. The molecule has 0 amide bonds. The smallest absolute Gasteiger partial charge is 0.405 e. The van der Waals surface area contributed by atoms with Crippen molar-refractivity contribution >= 4 is 21.7 Å². The van der Waals surface area contributed by atoms with Crippen molar-refractivity contribution in [2.75, 3.05) is 0 Å². The largest absolute Gasteiger partial charge is 0.573 e. The average molecular weight is 365 g/mol. The zero-order chi connectivity index (χ0) is 15.5. The Hall–Kier alpha value is -1.04. The molecular weight excluding hydrogens is 349 g/mol. The van der Waals surface area contributed by atoms with Crippen molar-refractivity contribution in [2.24, 2.45) is 5.92 Å². The van der Waals surface area contributed by atoms with Crippen LogP contribution in [-0.2, 0) is 0 Å². The third kappa shape index (κ3) is 5.02. The van der Waals surface area contributed by atoms with Crippen LogP contribution in [0.25, 0.3) is 0 Å². The van der Waals surface area contributed by atoms with Crippen LogP contribution in [0.2, 0.25) is 0 Å². The SMILES string of the molecule is O=C(CCC1CCCC1)c1ccc(Br)cc1OC(F)(F)F. The van der Waals surface area contributed by atoms with Crippen molar-refractivity contribution in [3.05, 3.63) is 28.2 Å². The quantitative estimate of drug-likeness (QED) is 0.644. The van der Waals surface area contributed by atoms with Crippen molar-refractivity contribution in [1.29, 1.82) is 0 Å². The van der Waals surface area contributed by atoms with Gasteiger partial charge >= 0.3 is 6.36 Å². The highest BCUT2D eigenvalue weighted by Crippen LogP contribution is 2.32. The van der Waals surface area contributed by atoms with E-state index in [1.807, 2.05) is 0 Å². The molecule has 0 N–H and O–H groups in total. The molecule has 0 aliphatic heterocycles. The summed E-state index contributed by atoms with van der Waals surface area (Å²) in [5, 5.41) is 0. The summed E-state index contributed by atoms with van der Waals surface area (Å²) in [4.78, 5) is 12.2. The van der Waals surface area contributed by atoms with E-state index in [1.165, 1.54) is 25.0 Å². The lowest BCUT2D eigenvalue weighted by Crippen LogP contribution is -2.19. The minimum Gasteiger partial charge on any atom is -0.405 e. The van der Waals surface area contributed by atoms with E-state index < -0.39 is 12.1 Å². The molecule has 0 radical (unpaired) electrons. The minimum atomic E-state index is -4.80. The van der Waals surface area contributed by atoms with E-state index >= 15 is 0 Å². The van der Waals surface area contributed by atoms with Gasteiger partial charge in [0.25, 0.3) is 0 Å². The van der Waals surface area contributed by atoms with E-state index in [4.69, 9.17) is 0 Å². The Morgan fingerprint density at radius 1 is 1.29 bits per heavy atom. The molecule has 0 atom stereocenters. The highest BCUT2D eigenvalue weighted by Gasteiger charge is 2.33. The zero-order valence-electron chi connectivity index (χ0n) is 11.4. The summed E-state index contributed by atoms with van der Waals surface area (Å²) in [5.41, 5.74) is -0.00600. The molecule has 6 heteroatoms. The van der Waals surface area contributed by atoms with Gasteiger partial charge in [-0.05, 0) is 30.5 Å². The van der Waals surface area contributed by atoms with Crippen LogP contribution in [0.4, 0.5) is 13.2 Å². The fourth-order valence-corrected chi connectivity index (χ4v) is 3.04. The summed E-state index contributed by atoms with van der Waals surface area (Å²) in [6.45, 7) is 0. The van der Waals surface area contributed by atoms with Crippen LogP contribution >= 0.6 is 15.9 Å². The third-order valence-corrected chi connectivity index (χ3v) is 4.22. The molecule has 2 nitrogen and oxygen atoms in total. The number of halogens is 4. The van der Waals surface area contributed by atoms with Crippen molar-refractivity contribution < 1.29 is 22.7 Å². The Balaban J connectivity index is 2.08. The number of alkyl halides is 3. The van der Waals surface area contributed by atoms with Gasteiger partial charge in [-0.1, -0.05) is 41.6 Å². The van der Waals surface area contributed by atoms with Gasteiger partial charge in [-0.3, -0.25) is 4.79 Å². The molecule has 1 fully saturated rings. The Morgan fingerprint density at radius 2 is 1.95 bits per heavy atom. The Labute approximate surface area is 129 Å². The van der Waals surface area contributed by atoms with E-state index in [-0.39, 0.29) is 17.8 Å². The number of ether oxygens (including phenoxy) is 1. The zero-order valence-corrected chi connectivity index (χ0v) is 13.0. The van der Waals surface area contributed by atoms with Gasteiger partial charge in [0, 0.05) is 10.9 Å². The maximum Gasteiger partial charge on any atom is 0.573 e. The highest BCUT2D eigenvalue weighted by atomic mass is 79.9. The van der Waals surface area contributed by atoms with Crippen LogP contribution in [0.5, 0.6) is 5.75 Å². The maximum absolute atomic E-state index is 12.4. The van der Waals surface area contributed by atoms with Gasteiger partial charge in [0.15, 0.2) is 5.78 Å². The molecule has 21 heavy (non-hydrogen) atoms. The molecule has 1 aromatic rings. The first-order chi connectivity index (χ1) is 9.85. The third-order valence-electron chi connectivity index (χ3n) is 3.72. The van der Waals surface area contributed by atoms with Crippen LogP contribution < -0.4 is 4.74 Å². The summed E-state index contributed by atoms with van der Waals surface area (Å²) in [6, 6.07) is 4.10. The molecule has 0 saturated heterocycles. The molecule has 0 spiro atoms. The number of carbonyl (C=O) groups is 1. The minimum absolute atomic E-state index is 0.00600. The predicted octanol–water partition coefficient (Wildman–Crippen LogP) is 5.50. The topological polar surface area (TPSA) is 26.3 Å². The van der Waals surface area contributed by atoms with Gasteiger partial charge in [0.2, 0.25) is 0 Å². The number of rotatable bonds is 5. The molecule has 0 aromatic heterocycles. The van der Waals surface area contributed by atoms with Crippen LogP contribution in [-0.4, -0.2) is 12.1 Å². The number of hydrogen-bond donors (Lipinski definition) is 0. The van der Waals surface area contributed by atoms with Crippen LogP contribution in [0, 0.1) is 5.92 Å². The second kappa shape index (κ2) is 6.81. The number of hydrogen-bond acceptors (Lipinski definition) is 2. The summed E-state index contributed by atoms with van der Waals surface area (Å²) >= 11 is 3.09. The molecule has 2 rings (SSSR count). The molecule has 0 heterocycles. The van der Waals surface area contributed by atoms with Gasteiger partial charge < -0.3 is 4.74 Å². The molecule has 1 aliphatic rings. The van der Waals surface area contributed by atoms with Crippen LogP contribution in [0.3, 0.4) is 0 Å². The Kier molecular flexibility index (Phi) is 5.30. The summed E-state index contributed by atoms with van der Waals surface area (Å²) in [7, 11) is 0.